The summed E-state index contributed by atoms with van der Waals surface area (Å²) in [4.78, 5) is 15.1. The Bertz CT molecular complexity index is 1020. The monoisotopic (exact) mass is 436 g/mol. The lowest BCUT2D eigenvalue weighted by Gasteiger charge is -2.28. The lowest BCUT2D eigenvalue weighted by molar-refractivity contribution is 0.0701. The van der Waals surface area contributed by atoms with E-state index in [0.717, 1.165) is 21.4 Å². The van der Waals surface area contributed by atoms with Gasteiger partial charge in [0, 0.05) is 11.0 Å². The zero-order valence-corrected chi connectivity index (χ0v) is 17.6. The average Bonchev–Trinajstić information content (AvgIpc) is 3.10. The van der Waals surface area contributed by atoms with Crippen LogP contribution in [0.15, 0.2) is 59.2 Å². The van der Waals surface area contributed by atoms with Gasteiger partial charge in [-0.3, -0.25) is 4.79 Å². The largest absolute Gasteiger partial charge is 0.332 e. The summed E-state index contributed by atoms with van der Waals surface area (Å²) in [6.07, 6.45) is 1.63. The van der Waals surface area contributed by atoms with Crippen molar-refractivity contribution >= 4 is 21.8 Å². The Hall–Kier alpha value is -2.91. The lowest BCUT2D eigenvalue weighted by Crippen LogP contribution is -2.33. The number of hydrogen-bond donors (Lipinski definition) is 0. The van der Waals surface area contributed by atoms with E-state index in [1.165, 1.54) is 0 Å². The summed E-state index contributed by atoms with van der Waals surface area (Å²) in [5, 5.41) is 13.4. The van der Waals surface area contributed by atoms with Crippen molar-refractivity contribution in [3.63, 3.8) is 0 Å². The summed E-state index contributed by atoms with van der Waals surface area (Å²) in [6, 6.07) is 17.2. The van der Waals surface area contributed by atoms with E-state index in [4.69, 9.17) is 5.26 Å². The van der Waals surface area contributed by atoms with E-state index in [9.17, 15) is 4.79 Å². The number of halogens is 1. The molecule has 28 heavy (non-hydrogen) atoms. The second-order valence-electron chi connectivity index (χ2n) is 6.53. The van der Waals surface area contributed by atoms with Crippen LogP contribution in [0.2, 0.25) is 0 Å². The van der Waals surface area contributed by atoms with Crippen molar-refractivity contribution < 1.29 is 4.79 Å². The molecule has 0 aliphatic carbocycles. The second-order valence-corrected chi connectivity index (χ2v) is 7.45. The Morgan fingerprint density at radius 3 is 2.43 bits per heavy atom. The highest BCUT2D eigenvalue weighted by atomic mass is 79.9. The second kappa shape index (κ2) is 8.41. The summed E-state index contributed by atoms with van der Waals surface area (Å²) in [5.74, 6) is -0.0554. The molecule has 6 heteroatoms. The summed E-state index contributed by atoms with van der Waals surface area (Å²) in [7, 11) is 0. The molecule has 2 aromatic carbocycles. The van der Waals surface area contributed by atoms with Gasteiger partial charge in [-0.15, -0.1) is 0 Å². The van der Waals surface area contributed by atoms with Crippen LogP contribution in [0.4, 0.5) is 0 Å². The number of nitriles is 1. The minimum atomic E-state index is -0.110. The topological polar surface area (TPSA) is 61.9 Å². The summed E-state index contributed by atoms with van der Waals surface area (Å²) >= 11 is 3.43. The summed E-state index contributed by atoms with van der Waals surface area (Å²) in [5.41, 5.74) is 3.90. The molecular weight excluding hydrogens is 416 g/mol. The molecule has 0 radical (unpaired) electrons. The zero-order chi connectivity index (χ0) is 20.3. The first-order valence-corrected chi connectivity index (χ1v) is 9.87. The van der Waals surface area contributed by atoms with Gasteiger partial charge in [-0.25, -0.2) is 4.68 Å². The predicted octanol–water partition coefficient (Wildman–Crippen LogP) is 5.04. The molecule has 1 aromatic heterocycles. The first-order chi connectivity index (χ1) is 13.5. The van der Waals surface area contributed by atoms with Gasteiger partial charge in [0.15, 0.2) is 0 Å². The van der Waals surface area contributed by atoms with Crippen LogP contribution in [0.25, 0.3) is 5.69 Å². The SMILES string of the molecule is CCN(C(=O)c1cnn(-c2ccc(Br)cc2)c1C)C(C)c1ccc(C#N)cc1. The number of rotatable bonds is 5. The minimum Gasteiger partial charge on any atom is -0.332 e. The van der Waals surface area contributed by atoms with Crippen LogP contribution in [0, 0.1) is 18.3 Å². The molecule has 1 amide bonds. The number of amides is 1. The maximum absolute atomic E-state index is 13.2. The van der Waals surface area contributed by atoms with Crippen LogP contribution in [0.5, 0.6) is 0 Å². The van der Waals surface area contributed by atoms with Gasteiger partial charge in [0.1, 0.15) is 0 Å². The third-order valence-electron chi connectivity index (χ3n) is 4.90. The Labute approximate surface area is 173 Å². The van der Waals surface area contributed by atoms with E-state index in [-0.39, 0.29) is 11.9 Å². The molecule has 1 unspecified atom stereocenters. The van der Waals surface area contributed by atoms with E-state index >= 15 is 0 Å². The third-order valence-corrected chi connectivity index (χ3v) is 5.43. The predicted molar refractivity (Wildman–Crippen MR) is 112 cm³/mol. The molecule has 5 nitrogen and oxygen atoms in total. The molecule has 0 fully saturated rings. The van der Waals surface area contributed by atoms with Gasteiger partial charge in [0.2, 0.25) is 0 Å². The van der Waals surface area contributed by atoms with Crippen LogP contribution in [-0.4, -0.2) is 27.1 Å². The van der Waals surface area contributed by atoms with Gasteiger partial charge in [-0.2, -0.15) is 10.4 Å². The number of carbonyl (C=O) groups excluding carboxylic acids is 1. The third kappa shape index (κ3) is 3.85. The molecular formula is C22H21BrN4O. The fourth-order valence-corrected chi connectivity index (χ4v) is 3.49. The molecule has 142 valence electrons. The average molecular weight is 437 g/mol. The molecule has 0 saturated carbocycles. The van der Waals surface area contributed by atoms with Crippen molar-refractivity contribution in [2.24, 2.45) is 0 Å². The van der Waals surface area contributed by atoms with E-state index in [1.807, 2.05) is 62.1 Å². The number of carbonyl (C=O) groups is 1. The van der Waals surface area contributed by atoms with Crippen LogP contribution >= 0.6 is 15.9 Å². The van der Waals surface area contributed by atoms with Crippen molar-refractivity contribution in [1.82, 2.24) is 14.7 Å². The number of nitrogens with zero attached hydrogens (tertiary/aromatic N) is 4. The first-order valence-electron chi connectivity index (χ1n) is 9.07. The van der Waals surface area contributed by atoms with Crippen LogP contribution < -0.4 is 0 Å². The summed E-state index contributed by atoms with van der Waals surface area (Å²) < 4.78 is 2.77. The molecule has 0 N–H and O–H groups in total. The quantitative estimate of drug-likeness (QED) is 0.562. The van der Waals surface area contributed by atoms with Gasteiger partial charge < -0.3 is 4.90 Å². The van der Waals surface area contributed by atoms with E-state index in [0.29, 0.717) is 17.7 Å². The van der Waals surface area contributed by atoms with E-state index in [2.05, 4.69) is 27.1 Å². The Morgan fingerprint density at radius 1 is 1.21 bits per heavy atom. The zero-order valence-electron chi connectivity index (χ0n) is 16.1. The number of benzene rings is 2. The standard InChI is InChI=1S/C22H21BrN4O/c1-4-26(15(2)18-7-5-17(13-24)6-8-18)22(28)21-14-25-27(16(21)3)20-11-9-19(23)10-12-20/h5-12,14-15H,4H2,1-3H3. The van der Waals surface area contributed by atoms with Crippen LogP contribution in [-0.2, 0) is 0 Å². The van der Waals surface area contributed by atoms with Crippen LogP contribution in [0.3, 0.4) is 0 Å². The van der Waals surface area contributed by atoms with Gasteiger partial charge in [0.05, 0.1) is 40.8 Å². The highest BCUT2D eigenvalue weighted by Gasteiger charge is 2.25. The maximum atomic E-state index is 13.2. The number of aromatic nitrogens is 2. The van der Waals surface area contributed by atoms with Gasteiger partial charge in [0.25, 0.3) is 5.91 Å². The molecule has 0 aliphatic rings. The molecule has 3 rings (SSSR count). The molecule has 0 aliphatic heterocycles. The van der Waals surface area contributed by atoms with E-state index < -0.39 is 0 Å². The minimum absolute atomic E-state index is 0.0554. The normalized spacial score (nSPS) is 11.7. The van der Waals surface area contributed by atoms with Crippen LogP contribution in [0.1, 0.15) is 47.1 Å². The van der Waals surface area contributed by atoms with Crippen molar-refractivity contribution in [1.29, 1.82) is 5.26 Å². The highest BCUT2D eigenvalue weighted by molar-refractivity contribution is 9.10. The molecule has 0 spiro atoms. The Kier molecular flexibility index (Phi) is 5.96. The Balaban J connectivity index is 1.89. The molecule has 3 aromatic rings. The molecule has 0 saturated heterocycles. The summed E-state index contributed by atoms with van der Waals surface area (Å²) in [6.45, 7) is 6.44. The van der Waals surface area contributed by atoms with E-state index in [1.54, 1.807) is 23.0 Å². The lowest BCUT2D eigenvalue weighted by atomic mass is 10.0. The Morgan fingerprint density at radius 2 is 1.86 bits per heavy atom. The smallest absolute Gasteiger partial charge is 0.257 e. The van der Waals surface area contributed by atoms with Crippen molar-refractivity contribution in [3.05, 3.63) is 81.6 Å². The fourth-order valence-electron chi connectivity index (χ4n) is 3.23. The van der Waals surface area contributed by atoms with Gasteiger partial charge in [-0.1, -0.05) is 28.1 Å². The highest BCUT2D eigenvalue weighted by Crippen LogP contribution is 2.24. The maximum Gasteiger partial charge on any atom is 0.257 e. The van der Waals surface area contributed by atoms with Crippen molar-refractivity contribution in [3.8, 4) is 11.8 Å². The molecule has 1 heterocycles. The van der Waals surface area contributed by atoms with Gasteiger partial charge >= 0.3 is 0 Å². The first kappa shape index (κ1) is 19.8. The van der Waals surface area contributed by atoms with Gasteiger partial charge in [-0.05, 0) is 62.7 Å². The van der Waals surface area contributed by atoms with Crippen molar-refractivity contribution in [2.75, 3.05) is 6.54 Å². The fraction of sp³-hybridized carbons (Fsp3) is 0.227. The molecule has 1 atom stereocenters. The molecule has 0 bridgehead atoms. The van der Waals surface area contributed by atoms with Crippen molar-refractivity contribution in [2.45, 2.75) is 26.8 Å². The number of hydrogen-bond acceptors (Lipinski definition) is 3.